The van der Waals surface area contributed by atoms with Gasteiger partial charge in [0.05, 0.1) is 11.7 Å². The predicted octanol–water partition coefficient (Wildman–Crippen LogP) is -0.403. The first-order chi connectivity index (χ1) is 5.70. The van der Waals surface area contributed by atoms with Crippen LogP contribution in [0.5, 0.6) is 0 Å². The molecule has 0 saturated carbocycles. The van der Waals surface area contributed by atoms with Crippen molar-refractivity contribution in [3.05, 3.63) is 12.2 Å². The normalized spacial score (nSPS) is 9.77. The SMILES string of the molecule is C=C(C)C(=O)[O-].CCCS(=O)(=O)O. The molecule has 0 bridgehead atoms. The highest BCUT2D eigenvalue weighted by Gasteiger charge is 1.98. The summed E-state index contributed by atoms with van der Waals surface area (Å²) in [6.07, 6.45) is 0.471. The first-order valence-electron chi connectivity index (χ1n) is 3.52. The molecule has 0 spiro atoms. The van der Waals surface area contributed by atoms with Gasteiger partial charge in [-0.05, 0) is 18.9 Å². The molecule has 0 aromatic rings. The van der Waals surface area contributed by atoms with Crippen molar-refractivity contribution < 1.29 is 22.9 Å². The summed E-state index contributed by atoms with van der Waals surface area (Å²) in [4.78, 5) is 9.49. The maximum absolute atomic E-state index is 9.79. The Kier molecular flexibility index (Phi) is 7.45. The molecule has 0 rings (SSSR count). The standard InChI is InChI=1S/C4H6O2.C3H8O3S/c1-3(2)4(5)6;1-2-3-7(4,5)6/h1H2,2H3,(H,5,6);2-3H2,1H3,(H,4,5,6)/p-1. The highest BCUT2D eigenvalue weighted by Crippen LogP contribution is 1.83. The van der Waals surface area contributed by atoms with Gasteiger partial charge < -0.3 is 9.90 Å². The fourth-order valence-electron chi connectivity index (χ4n) is 0.258. The molecular formula is C7H13O5S-. The van der Waals surface area contributed by atoms with E-state index in [2.05, 4.69) is 6.58 Å². The third kappa shape index (κ3) is 18.2. The van der Waals surface area contributed by atoms with Gasteiger partial charge in [0.25, 0.3) is 10.1 Å². The monoisotopic (exact) mass is 209 g/mol. The molecule has 0 aliphatic carbocycles. The summed E-state index contributed by atoms with van der Waals surface area (Å²) in [6.45, 7) is 6.17. The molecule has 0 aromatic carbocycles. The van der Waals surface area contributed by atoms with Crippen LogP contribution in [0.4, 0.5) is 0 Å². The van der Waals surface area contributed by atoms with Gasteiger partial charge >= 0.3 is 0 Å². The fraction of sp³-hybridized carbons (Fsp3) is 0.571. The van der Waals surface area contributed by atoms with Crippen LogP contribution in [-0.2, 0) is 14.9 Å². The van der Waals surface area contributed by atoms with Crippen molar-refractivity contribution in [1.29, 1.82) is 0 Å². The molecule has 0 unspecified atom stereocenters. The molecule has 78 valence electrons. The van der Waals surface area contributed by atoms with E-state index in [1.807, 2.05) is 0 Å². The van der Waals surface area contributed by atoms with Crippen molar-refractivity contribution in [3.8, 4) is 0 Å². The Bertz CT molecular complexity index is 253. The van der Waals surface area contributed by atoms with E-state index in [0.29, 0.717) is 6.42 Å². The Labute approximate surface area is 77.8 Å². The molecule has 0 saturated heterocycles. The van der Waals surface area contributed by atoms with E-state index in [9.17, 15) is 18.3 Å². The molecule has 0 fully saturated rings. The van der Waals surface area contributed by atoms with Gasteiger partial charge in [-0.25, -0.2) is 0 Å². The Morgan fingerprint density at radius 2 is 1.85 bits per heavy atom. The lowest BCUT2D eigenvalue weighted by atomic mass is 10.4. The summed E-state index contributed by atoms with van der Waals surface area (Å²) in [5.41, 5.74) is 0.0648. The predicted molar refractivity (Wildman–Crippen MR) is 46.5 cm³/mol. The van der Waals surface area contributed by atoms with Crippen LogP contribution < -0.4 is 5.11 Å². The third-order valence-corrected chi connectivity index (χ3v) is 1.73. The minimum atomic E-state index is -3.67. The summed E-state index contributed by atoms with van der Waals surface area (Å²) in [6, 6.07) is 0. The Morgan fingerprint density at radius 1 is 1.54 bits per heavy atom. The van der Waals surface area contributed by atoms with Gasteiger partial charge in [-0.3, -0.25) is 4.55 Å². The molecule has 5 nitrogen and oxygen atoms in total. The number of carbonyl (C=O) groups excluding carboxylic acids is 1. The minimum Gasteiger partial charge on any atom is -0.545 e. The average molecular weight is 209 g/mol. The van der Waals surface area contributed by atoms with Crippen molar-refractivity contribution >= 4 is 16.1 Å². The van der Waals surface area contributed by atoms with Crippen molar-refractivity contribution in [2.75, 3.05) is 5.75 Å². The average Bonchev–Trinajstić information content (AvgIpc) is 1.85. The largest absolute Gasteiger partial charge is 0.545 e. The van der Waals surface area contributed by atoms with Gasteiger partial charge in [-0.2, -0.15) is 8.42 Å². The Morgan fingerprint density at radius 3 is 1.85 bits per heavy atom. The molecule has 13 heavy (non-hydrogen) atoms. The maximum Gasteiger partial charge on any atom is 0.264 e. The molecule has 0 aliphatic heterocycles. The van der Waals surface area contributed by atoms with E-state index in [4.69, 9.17) is 4.55 Å². The first kappa shape index (κ1) is 14.6. The highest BCUT2D eigenvalue weighted by molar-refractivity contribution is 7.85. The zero-order valence-corrected chi connectivity index (χ0v) is 8.43. The molecular weight excluding hydrogens is 196 g/mol. The van der Waals surface area contributed by atoms with Crippen LogP contribution >= 0.6 is 0 Å². The second-order valence-corrected chi connectivity index (χ2v) is 3.93. The molecule has 0 aliphatic rings. The number of hydrogen-bond acceptors (Lipinski definition) is 4. The third-order valence-electron chi connectivity index (χ3n) is 0.811. The van der Waals surface area contributed by atoms with Gasteiger partial charge in [0.1, 0.15) is 0 Å². The summed E-state index contributed by atoms with van der Waals surface area (Å²) < 4.78 is 27.6. The summed E-state index contributed by atoms with van der Waals surface area (Å²) in [7, 11) is -3.67. The molecule has 6 heteroatoms. The van der Waals surface area contributed by atoms with E-state index in [1.54, 1.807) is 6.92 Å². The Hall–Kier alpha value is -0.880. The number of carboxylic acids is 1. The van der Waals surface area contributed by atoms with E-state index in [-0.39, 0.29) is 11.3 Å². The lowest BCUT2D eigenvalue weighted by Gasteiger charge is -1.93. The van der Waals surface area contributed by atoms with Gasteiger partial charge in [0.2, 0.25) is 0 Å². The molecule has 0 atom stereocenters. The van der Waals surface area contributed by atoms with Crippen LogP contribution in [0.1, 0.15) is 20.3 Å². The summed E-state index contributed by atoms with van der Waals surface area (Å²) in [5.74, 6) is -1.32. The van der Waals surface area contributed by atoms with Crippen LogP contribution in [-0.4, -0.2) is 24.7 Å². The highest BCUT2D eigenvalue weighted by atomic mass is 32.2. The zero-order chi connectivity index (χ0) is 11.1. The van der Waals surface area contributed by atoms with Crippen LogP contribution in [0.2, 0.25) is 0 Å². The van der Waals surface area contributed by atoms with Crippen molar-refractivity contribution in [1.82, 2.24) is 0 Å². The van der Waals surface area contributed by atoms with Crippen molar-refractivity contribution in [2.45, 2.75) is 20.3 Å². The lowest BCUT2D eigenvalue weighted by Crippen LogP contribution is -2.22. The Balaban J connectivity index is 0. The second kappa shape index (κ2) is 6.62. The number of hydrogen-bond donors (Lipinski definition) is 1. The van der Waals surface area contributed by atoms with Gasteiger partial charge in [-0.1, -0.05) is 13.5 Å². The van der Waals surface area contributed by atoms with Crippen LogP contribution in [0.25, 0.3) is 0 Å². The van der Waals surface area contributed by atoms with E-state index in [0.717, 1.165) is 0 Å². The first-order valence-corrected chi connectivity index (χ1v) is 5.13. The molecule has 0 amide bonds. The topological polar surface area (TPSA) is 94.5 Å². The van der Waals surface area contributed by atoms with Gasteiger partial charge in [0, 0.05) is 0 Å². The molecule has 0 radical (unpaired) electrons. The van der Waals surface area contributed by atoms with Crippen LogP contribution in [0, 0.1) is 0 Å². The maximum atomic E-state index is 9.79. The lowest BCUT2D eigenvalue weighted by molar-refractivity contribution is -0.299. The second-order valence-electron chi connectivity index (χ2n) is 2.35. The smallest absolute Gasteiger partial charge is 0.264 e. The molecule has 0 heterocycles. The number of rotatable bonds is 3. The van der Waals surface area contributed by atoms with Crippen LogP contribution in [0.15, 0.2) is 12.2 Å². The van der Waals surface area contributed by atoms with E-state index >= 15 is 0 Å². The summed E-state index contributed by atoms with van der Waals surface area (Å²) >= 11 is 0. The number of aliphatic carboxylic acids is 1. The van der Waals surface area contributed by atoms with Crippen LogP contribution in [0.3, 0.4) is 0 Å². The van der Waals surface area contributed by atoms with Gasteiger partial charge in [-0.15, -0.1) is 0 Å². The van der Waals surface area contributed by atoms with Gasteiger partial charge in [0.15, 0.2) is 0 Å². The minimum absolute atomic E-state index is 0.0648. The molecule has 1 N–H and O–H groups in total. The molecule has 0 aromatic heterocycles. The van der Waals surface area contributed by atoms with E-state index in [1.165, 1.54) is 6.92 Å². The fourth-order valence-corrected chi connectivity index (χ4v) is 0.774. The summed E-state index contributed by atoms with van der Waals surface area (Å²) in [5, 5.41) is 9.49. The number of carboxylic acid groups (broad SMARTS) is 1. The zero-order valence-electron chi connectivity index (χ0n) is 7.61. The quantitative estimate of drug-likeness (QED) is 0.504. The number of carbonyl (C=O) groups is 1. The van der Waals surface area contributed by atoms with E-state index < -0.39 is 16.1 Å². The van der Waals surface area contributed by atoms with Crippen molar-refractivity contribution in [3.63, 3.8) is 0 Å². The van der Waals surface area contributed by atoms with Crippen molar-refractivity contribution in [2.24, 2.45) is 0 Å².